The average Bonchev–Trinajstić information content (AvgIpc) is 3.04. The second-order valence-corrected chi connectivity index (χ2v) is 6.97. The van der Waals surface area contributed by atoms with Crippen LogP contribution in [-0.4, -0.2) is 24.0 Å². The molecule has 0 spiro atoms. The summed E-state index contributed by atoms with van der Waals surface area (Å²) in [7, 11) is 0. The van der Waals surface area contributed by atoms with Gasteiger partial charge < -0.3 is 0 Å². The zero-order valence-electron chi connectivity index (χ0n) is 12.8. The minimum Gasteiger partial charge on any atom is -0.300 e. The van der Waals surface area contributed by atoms with E-state index in [1.165, 1.54) is 61.2 Å². The minimum absolute atomic E-state index is 0.716. The van der Waals surface area contributed by atoms with Crippen LogP contribution >= 0.6 is 11.3 Å². The van der Waals surface area contributed by atoms with Crippen molar-refractivity contribution in [3.8, 4) is 0 Å². The summed E-state index contributed by atoms with van der Waals surface area (Å²) in [5, 5.41) is 2.19. The molecule has 21 heavy (non-hydrogen) atoms. The van der Waals surface area contributed by atoms with E-state index in [1.807, 2.05) is 11.3 Å². The topological polar surface area (TPSA) is 3.24 Å². The Morgan fingerprint density at radius 3 is 3.05 bits per heavy atom. The summed E-state index contributed by atoms with van der Waals surface area (Å²) < 4.78 is 0. The molecule has 1 atom stereocenters. The Morgan fingerprint density at radius 2 is 2.24 bits per heavy atom. The molecule has 0 saturated carbocycles. The Hall–Kier alpha value is -1.12. The maximum Gasteiger partial charge on any atom is 0.0139 e. The largest absolute Gasteiger partial charge is 0.300 e. The third-order valence-electron chi connectivity index (χ3n) is 4.47. The number of fused-ring (bicyclic) bond motifs is 1. The fourth-order valence-electron chi connectivity index (χ4n) is 3.38. The van der Waals surface area contributed by atoms with Crippen LogP contribution in [-0.2, 0) is 19.3 Å². The van der Waals surface area contributed by atoms with E-state index in [-0.39, 0.29) is 0 Å². The number of rotatable bonds is 6. The molecule has 0 fully saturated rings. The number of nitrogens with zero attached hydrogens (tertiary/aromatic N) is 1. The fourth-order valence-corrected chi connectivity index (χ4v) is 4.08. The number of thiophene rings is 1. The zero-order valence-corrected chi connectivity index (χ0v) is 13.7. The van der Waals surface area contributed by atoms with E-state index in [2.05, 4.69) is 53.6 Å². The summed E-state index contributed by atoms with van der Waals surface area (Å²) in [6, 6.07) is 15.0. The summed E-state index contributed by atoms with van der Waals surface area (Å²) in [6.07, 6.45) is 6.13. The van der Waals surface area contributed by atoms with E-state index in [9.17, 15) is 0 Å². The average molecular weight is 298 g/mol. The van der Waals surface area contributed by atoms with Gasteiger partial charge >= 0.3 is 0 Å². The van der Waals surface area contributed by atoms with Gasteiger partial charge in [-0.15, -0.1) is 11.3 Å². The van der Waals surface area contributed by atoms with Gasteiger partial charge in [0, 0.05) is 17.5 Å². The van der Waals surface area contributed by atoms with Crippen molar-refractivity contribution in [3.05, 3.63) is 57.8 Å². The molecule has 1 aliphatic carbocycles. The van der Waals surface area contributed by atoms with Crippen LogP contribution in [0.2, 0.25) is 0 Å². The first-order valence-corrected chi connectivity index (χ1v) is 8.99. The van der Waals surface area contributed by atoms with Gasteiger partial charge in [-0.2, -0.15) is 0 Å². The second kappa shape index (κ2) is 7.24. The number of aryl methyl sites for hydroxylation is 1. The van der Waals surface area contributed by atoms with Gasteiger partial charge in [-0.1, -0.05) is 31.2 Å². The van der Waals surface area contributed by atoms with Crippen LogP contribution < -0.4 is 0 Å². The monoisotopic (exact) mass is 298 g/mol. The SMILES string of the molecule is CCCN(CCc1cccs1)[C@@H]1CCc2[c]cccc2C1. The van der Waals surface area contributed by atoms with Crippen LogP contribution in [0.15, 0.2) is 35.7 Å². The van der Waals surface area contributed by atoms with Crippen molar-refractivity contribution in [1.29, 1.82) is 0 Å². The molecule has 0 saturated heterocycles. The first-order chi connectivity index (χ1) is 10.4. The summed E-state index contributed by atoms with van der Waals surface area (Å²) >= 11 is 1.89. The molecule has 1 nitrogen and oxygen atoms in total. The van der Waals surface area contributed by atoms with Gasteiger partial charge in [-0.3, -0.25) is 4.90 Å². The van der Waals surface area contributed by atoms with Crippen LogP contribution in [0.5, 0.6) is 0 Å². The highest BCUT2D eigenvalue weighted by Gasteiger charge is 2.23. The van der Waals surface area contributed by atoms with Crippen molar-refractivity contribution in [1.82, 2.24) is 4.90 Å². The van der Waals surface area contributed by atoms with Crippen LogP contribution in [0.3, 0.4) is 0 Å². The Morgan fingerprint density at radius 1 is 1.29 bits per heavy atom. The first-order valence-electron chi connectivity index (χ1n) is 8.11. The van der Waals surface area contributed by atoms with Gasteiger partial charge in [0.1, 0.15) is 0 Å². The first kappa shape index (κ1) is 14.8. The van der Waals surface area contributed by atoms with Crippen molar-refractivity contribution in [2.45, 2.75) is 45.1 Å². The van der Waals surface area contributed by atoms with Gasteiger partial charge in [0.15, 0.2) is 0 Å². The molecule has 0 aliphatic heterocycles. The third kappa shape index (κ3) is 3.75. The van der Waals surface area contributed by atoms with Crippen molar-refractivity contribution < 1.29 is 0 Å². The molecule has 1 radical (unpaired) electrons. The van der Waals surface area contributed by atoms with Gasteiger partial charge in [-0.05, 0) is 67.3 Å². The van der Waals surface area contributed by atoms with Crippen LogP contribution in [0.1, 0.15) is 35.8 Å². The molecule has 0 unspecified atom stereocenters. The number of benzene rings is 1. The van der Waals surface area contributed by atoms with Crippen molar-refractivity contribution in [2.24, 2.45) is 0 Å². The molecule has 111 valence electrons. The van der Waals surface area contributed by atoms with Crippen LogP contribution in [0.25, 0.3) is 0 Å². The molecular formula is C19H24NS. The van der Waals surface area contributed by atoms with Gasteiger partial charge in [0.25, 0.3) is 0 Å². The lowest BCUT2D eigenvalue weighted by Crippen LogP contribution is -2.41. The third-order valence-corrected chi connectivity index (χ3v) is 5.41. The molecule has 3 rings (SSSR count). The molecule has 1 aromatic carbocycles. The number of hydrogen-bond donors (Lipinski definition) is 0. The molecule has 0 bridgehead atoms. The molecule has 0 amide bonds. The highest BCUT2D eigenvalue weighted by Crippen LogP contribution is 2.24. The van der Waals surface area contributed by atoms with Gasteiger partial charge in [0.05, 0.1) is 0 Å². The second-order valence-electron chi connectivity index (χ2n) is 5.94. The molecular weight excluding hydrogens is 274 g/mol. The highest BCUT2D eigenvalue weighted by molar-refractivity contribution is 7.09. The van der Waals surface area contributed by atoms with Crippen LogP contribution in [0, 0.1) is 6.07 Å². The Labute approximate surface area is 132 Å². The lowest BCUT2D eigenvalue weighted by molar-refractivity contribution is 0.182. The molecule has 2 aromatic rings. The zero-order chi connectivity index (χ0) is 14.5. The normalized spacial score (nSPS) is 17.9. The Bertz CT molecular complexity index is 546. The summed E-state index contributed by atoms with van der Waals surface area (Å²) in [5.41, 5.74) is 2.97. The van der Waals surface area contributed by atoms with E-state index in [4.69, 9.17) is 0 Å². The maximum absolute atomic E-state index is 3.42. The molecule has 1 aliphatic rings. The van der Waals surface area contributed by atoms with E-state index in [0.29, 0.717) is 6.04 Å². The summed E-state index contributed by atoms with van der Waals surface area (Å²) in [4.78, 5) is 4.23. The van der Waals surface area contributed by atoms with Crippen molar-refractivity contribution >= 4 is 11.3 Å². The smallest absolute Gasteiger partial charge is 0.0139 e. The van der Waals surface area contributed by atoms with Gasteiger partial charge in [0.2, 0.25) is 0 Å². The Balaban J connectivity index is 1.64. The summed E-state index contributed by atoms with van der Waals surface area (Å²) in [6.45, 7) is 4.72. The van der Waals surface area contributed by atoms with Crippen LogP contribution in [0.4, 0.5) is 0 Å². The lowest BCUT2D eigenvalue weighted by atomic mass is 9.87. The molecule has 1 aromatic heterocycles. The molecule has 0 N–H and O–H groups in total. The standard InChI is InChI=1S/C19H24NS/c1-2-12-20(13-11-19-8-5-14-21-19)18-10-9-16-6-3-4-7-17(16)15-18/h3-5,7-8,14,18H,2,9-13,15H2,1H3/t18-/m1/s1. The lowest BCUT2D eigenvalue weighted by Gasteiger charge is -2.35. The minimum atomic E-state index is 0.716. The van der Waals surface area contributed by atoms with Gasteiger partial charge in [-0.25, -0.2) is 0 Å². The fraction of sp³-hybridized carbons (Fsp3) is 0.474. The maximum atomic E-state index is 3.42. The Kier molecular flexibility index (Phi) is 5.10. The van der Waals surface area contributed by atoms with Crippen molar-refractivity contribution in [3.63, 3.8) is 0 Å². The summed E-state index contributed by atoms with van der Waals surface area (Å²) in [5.74, 6) is 0. The highest BCUT2D eigenvalue weighted by atomic mass is 32.1. The predicted octanol–water partition coefficient (Wildman–Crippen LogP) is 4.36. The quantitative estimate of drug-likeness (QED) is 0.766. The van der Waals surface area contributed by atoms with E-state index < -0.39 is 0 Å². The van der Waals surface area contributed by atoms with E-state index in [0.717, 1.165) is 0 Å². The van der Waals surface area contributed by atoms with Crippen molar-refractivity contribution in [2.75, 3.05) is 13.1 Å². The number of hydrogen-bond acceptors (Lipinski definition) is 2. The van der Waals surface area contributed by atoms with E-state index >= 15 is 0 Å². The predicted molar refractivity (Wildman–Crippen MR) is 91.0 cm³/mol. The molecule has 1 heterocycles. The molecule has 2 heteroatoms. The van der Waals surface area contributed by atoms with E-state index in [1.54, 1.807) is 0 Å².